The summed E-state index contributed by atoms with van der Waals surface area (Å²) in [5.74, 6) is 0. The third kappa shape index (κ3) is 4.39. The molecule has 0 N–H and O–H groups in total. The molecule has 0 spiro atoms. The van der Waals surface area contributed by atoms with Crippen molar-refractivity contribution in [3.63, 3.8) is 0 Å². The molecule has 55 heavy (non-hydrogen) atoms. The lowest BCUT2D eigenvalue weighted by molar-refractivity contribution is 1.13. The fourth-order valence-corrected chi connectivity index (χ4v) is 8.82. The Hall–Kier alpha value is -7.86. The van der Waals surface area contributed by atoms with Crippen LogP contribution in [0.2, 0.25) is 0 Å². The van der Waals surface area contributed by atoms with Gasteiger partial charge in [-0.1, -0.05) is 115 Å². The molecule has 0 radical (unpaired) electrons. The number of benzene rings is 8. The number of rotatable bonds is 4. The quantitative estimate of drug-likeness (QED) is 0.169. The van der Waals surface area contributed by atoms with Gasteiger partial charge in [0.05, 0.1) is 50.9 Å². The summed E-state index contributed by atoms with van der Waals surface area (Å²) < 4.78 is 6.87. The molecule has 3 heterocycles. The molecule has 0 atom stereocenters. The van der Waals surface area contributed by atoms with Crippen LogP contribution in [0.15, 0.2) is 176 Å². The average Bonchev–Trinajstić information content (AvgIpc) is 3.90. The summed E-state index contributed by atoms with van der Waals surface area (Å²) in [7, 11) is 0. The molecule has 3 aromatic heterocycles. The van der Waals surface area contributed by atoms with Gasteiger partial charge in [0.1, 0.15) is 6.07 Å². The predicted octanol–water partition coefficient (Wildman–Crippen LogP) is 13.1. The third-order valence-corrected chi connectivity index (χ3v) is 11.1. The van der Waals surface area contributed by atoms with Gasteiger partial charge in [0, 0.05) is 43.7 Å². The lowest BCUT2D eigenvalue weighted by Crippen LogP contribution is -2.00. The molecule has 8 aromatic carbocycles. The fourth-order valence-electron chi connectivity index (χ4n) is 8.82. The van der Waals surface area contributed by atoms with Crippen LogP contribution in [0.5, 0.6) is 0 Å². The van der Waals surface area contributed by atoms with E-state index in [9.17, 15) is 5.26 Å². The van der Waals surface area contributed by atoms with Gasteiger partial charge < -0.3 is 13.7 Å². The second kappa shape index (κ2) is 11.8. The molecule has 0 aliphatic rings. The number of para-hydroxylation sites is 6. The van der Waals surface area contributed by atoms with E-state index in [1.54, 1.807) is 0 Å². The van der Waals surface area contributed by atoms with Crippen LogP contribution >= 0.6 is 0 Å². The first kappa shape index (κ1) is 30.7. The first-order valence-corrected chi connectivity index (χ1v) is 18.3. The first-order valence-electron chi connectivity index (χ1n) is 18.3. The Kier molecular flexibility index (Phi) is 6.61. The van der Waals surface area contributed by atoms with Gasteiger partial charge in [-0.3, -0.25) is 0 Å². The Labute approximate surface area is 316 Å². The Morgan fingerprint density at radius 1 is 0.436 bits per heavy atom. The summed E-state index contributed by atoms with van der Waals surface area (Å²) in [5, 5.41) is 17.0. The van der Waals surface area contributed by atoms with Gasteiger partial charge in [0.15, 0.2) is 5.69 Å². The van der Waals surface area contributed by atoms with Crippen LogP contribution < -0.4 is 0 Å². The number of fused-ring (bicyclic) bond motifs is 9. The summed E-state index contributed by atoms with van der Waals surface area (Å²) in [6.45, 7) is 8.45. The standard InChI is InChI=1S/C50H29N5/c1-52-43-30-35(27-28-36(43)32-13-10-15-34(29-32)53-44-22-6-4-18-39(44)41-20-11-14-33(31-51)49(41)53)54-45-23-7-5-19-40(45)42-21-12-26-48(50(42)54)55-46-24-8-2-16-37(46)38-17-3-9-25-47(38)55/h2-30H. The van der Waals surface area contributed by atoms with Crippen molar-refractivity contribution in [2.45, 2.75) is 0 Å². The van der Waals surface area contributed by atoms with Crippen molar-refractivity contribution < 1.29 is 0 Å². The summed E-state index contributed by atoms with van der Waals surface area (Å²) in [4.78, 5) is 4.13. The zero-order chi connectivity index (χ0) is 36.6. The predicted molar refractivity (Wildman–Crippen MR) is 226 cm³/mol. The van der Waals surface area contributed by atoms with E-state index in [1.807, 2.05) is 36.4 Å². The van der Waals surface area contributed by atoms with E-state index in [-0.39, 0.29) is 0 Å². The summed E-state index contributed by atoms with van der Waals surface area (Å²) in [6.07, 6.45) is 0. The highest BCUT2D eigenvalue weighted by atomic mass is 15.1. The number of aromatic nitrogens is 3. The maximum Gasteiger partial charge on any atom is 0.196 e. The molecule has 11 rings (SSSR count). The van der Waals surface area contributed by atoms with E-state index < -0.39 is 0 Å². The van der Waals surface area contributed by atoms with E-state index in [4.69, 9.17) is 6.57 Å². The van der Waals surface area contributed by atoms with Crippen LogP contribution in [-0.4, -0.2) is 13.7 Å². The average molecular weight is 700 g/mol. The van der Waals surface area contributed by atoms with Crippen LogP contribution in [0.3, 0.4) is 0 Å². The molecule has 0 bridgehead atoms. The molecule has 0 aliphatic carbocycles. The fraction of sp³-hybridized carbons (Fsp3) is 0. The van der Waals surface area contributed by atoms with E-state index in [1.165, 1.54) is 10.8 Å². The third-order valence-electron chi connectivity index (χ3n) is 11.1. The molecular formula is C50H29N5. The molecule has 5 nitrogen and oxygen atoms in total. The molecule has 0 fully saturated rings. The van der Waals surface area contributed by atoms with Crippen LogP contribution in [0, 0.1) is 17.9 Å². The van der Waals surface area contributed by atoms with Gasteiger partial charge in [-0.25, -0.2) is 4.85 Å². The molecule has 0 saturated heterocycles. The Bertz CT molecular complexity index is 3420. The van der Waals surface area contributed by atoms with E-state index in [0.717, 1.165) is 82.8 Å². The zero-order valence-electron chi connectivity index (χ0n) is 29.5. The van der Waals surface area contributed by atoms with Crippen molar-refractivity contribution in [2.75, 3.05) is 0 Å². The van der Waals surface area contributed by atoms with Crippen molar-refractivity contribution in [1.29, 1.82) is 5.26 Å². The molecular weight excluding hydrogens is 671 g/mol. The molecule has 0 aliphatic heterocycles. The largest absolute Gasteiger partial charge is 0.308 e. The van der Waals surface area contributed by atoms with Crippen LogP contribution in [0.1, 0.15) is 5.56 Å². The van der Waals surface area contributed by atoms with Gasteiger partial charge in [0.2, 0.25) is 0 Å². The number of hydrogen-bond acceptors (Lipinski definition) is 1. The van der Waals surface area contributed by atoms with E-state index in [0.29, 0.717) is 11.3 Å². The van der Waals surface area contributed by atoms with Crippen molar-refractivity contribution in [1.82, 2.24) is 13.7 Å². The molecule has 254 valence electrons. The first-order chi connectivity index (χ1) is 27.2. The highest BCUT2D eigenvalue weighted by Crippen LogP contribution is 2.42. The lowest BCUT2D eigenvalue weighted by atomic mass is 10.0. The van der Waals surface area contributed by atoms with Gasteiger partial charge in [-0.15, -0.1) is 0 Å². The normalized spacial score (nSPS) is 11.6. The summed E-state index contributed by atoms with van der Waals surface area (Å²) in [6, 6.07) is 63.4. The Morgan fingerprint density at radius 2 is 0.927 bits per heavy atom. The maximum atomic E-state index is 10.1. The van der Waals surface area contributed by atoms with Crippen molar-refractivity contribution in [2.24, 2.45) is 0 Å². The zero-order valence-corrected chi connectivity index (χ0v) is 29.5. The minimum Gasteiger partial charge on any atom is -0.308 e. The van der Waals surface area contributed by atoms with Crippen molar-refractivity contribution in [3.05, 3.63) is 193 Å². The minimum absolute atomic E-state index is 0.565. The maximum absolute atomic E-state index is 10.1. The van der Waals surface area contributed by atoms with Crippen molar-refractivity contribution >= 4 is 71.1 Å². The van der Waals surface area contributed by atoms with Crippen LogP contribution in [-0.2, 0) is 0 Å². The van der Waals surface area contributed by atoms with Gasteiger partial charge >= 0.3 is 0 Å². The van der Waals surface area contributed by atoms with Crippen molar-refractivity contribution in [3.8, 4) is 34.3 Å². The Morgan fingerprint density at radius 3 is 1.55 bits per heavy atom. The van der Waals surface area contributed by atoms with Gasteiger partial charge in [-0.05, 0) is 71.8 Å². The second-order valence-corrected chi connectivity index (χ2v) is 13.9. The lowest BCUT2D eigenvalue weighted by Gasteiger charge is -2.16. The van der Waals surface area contributed by atoms with Gasteiger partial charge in [-0.2, -0.15) is 5.26 Å². The second-order valence-electron chi connectivity index (χ2n) is 13.9. The monoisotopic (exact) mass is 699 g/mol. The van der Waals surface area contributed by atoms with Gasteiger partial charge in [0.25, 0.3) is 0 Å². The number of nitriles is 1. The summed E-state index contributed by atoms with van der Waals surface area (Å²) in [5.41, 5.74) is 12.3. The summed E-state index contributed by atoms with van der Waals surface area (Å²) >= 11 is 0. The molecule has 0 saturated carbocycles. The van der Waals surface area contributed by atoms with E-state index >= 15 is 0 Å². The molecule has 0 unspecified atom stereocenters. The molecule has 0 amide bonds. The molecule has 5 heteroatoms. The van der Waals surface area contributed by atoms with E-state index in [2.05, 4.69) is 164 Å². The smallest absolute Gasteiger partial charge is 0.196 e. The number of hydrogen-bond donors (Lipinski definition) is 0. The Balaban J connectivity index is 1.13. The van der Waals surface area contributed by atoms with Crippen LogP contribution in [0.4, 0.5) is 5.69 Å². The van der Waals surface area contributed by atoms with Crippen LogP contribution in [0.25, 0.3) is 98.5 Å². The topological polar surface area (TPSA) is 42.9 Å². The SMILES string of the molecule is [C-]#[N+]c1cc(-n2c3ccccc3c3cccc(-n4c5ccccc5c5ccccc54)c32)ccc1-c1cccc(-n2c3ccccc3c3cccc(C#N)c32)c1. The highest BCUT2D eigenvalue weighted by molar-refractivity contribution is 6.15. The molecule has 11 aromatic rings. The highest BCUT2D eigenvalue weighted by Gasteiger charge is 2.21. The minimum atomic E-state index is 0.565. The number of nitrogens with zero attached hydrogens (tertiary/aromatic N) is 5.